The molecule has 1 saturated heterocycles. The Morgan fingerprint density at radius 3 is 2.57 bits per heavy atom. The number of H-pyrrole nitrogens is 1. The number of carbonyl (C=O) groups is 1. The van der Waals surface area contributed by atoms with Gasteiger partial charge in [0.25, 0.3) is 5.91 Å². The minimum Gasteiger partial charge on any atom is -0.373 e. The molecule has 4 aliphatic rings. The van der Waals surface area contributed by atoms with E-state index in [0.717, 1.165) is 49.6 Å². The van der Waals surface area contributed by atoms with Crippen LogP contribution in [0.15, 0.2) is 48.8 Å². The number of hydrogen-bond acceptors (Lipinski definition) is 6. The Bertz CT molecular complexity index is 1210. The molecule has 182 valence electrons. The molecule has 1 amide bonds. The molecule has 0 spiro atoms. The Morgan fingerprint density at radius 2 is 1.86 bits per heavy atom. The molecular weight excluding hydrogens is 438 g/mol. The van der Waals surface area contributed by atoms with E-state index < -0.39 is 0 Å². The monoisotopic (exact) mass is 471 g/mol. The van der Waals surface area contributed by atoms with Crippen LogP contribution in [0.4, 0.5) is 5.69 Å². The summed E-state index contributed by atoms with van der Waals surface area (Å²) in [5.74, 6) is 1.49. The summed E-state index contributed by atoms with van der Waals surface area (Å²) in [6, 6.07) is 11.7. The van der Waals surface area contributed by atoms with Crippen LogP contribution >= 0.6 is 0 Å². The highest BCUT2D eigenvalue weighted by molar-refractivity contribution is 5.95. The molecule has 1 aromatic carbocycles. The number of nitrogens with one attached hydrogen (secondary N) is 3. The summed E-state index contributed by atoms with van der Waals surface area (Å²) >= 11 is 0. The maximum Gasteiger partial charge on any atom is 0.251 e. The van der Waals surface area contributed by atoms with Crippen molar-refractivity contribution in [2.45, 2.75) is 44.6 Å². The normalized spacial score (nSPS) is 26.9. The average molecular weight is 472 g/mol. The number of hydrogen-bond donors (Lipinski definition) is 3. The fourth-order valence-corrected chi connectivity index (χ4v) is 6.66. The summed E-state index contributed by atoms with van der Waals surface area (Å²) in [5, 5.41) is 14.6. The second-order valence-electron chi connectivity index (χ2n) is 11.4. The number of aromatic amines is 1. The third kappa shape index (κ3) is 4.10. The molecule has 8 heteroatoms. The van der Waals surface area contributed by atoms with E-state index in [-0.39, 0.29) is 11.4 Å². The minimum absolute atomic E-state index is 0.000550. The van der Waals surface area contributed by atoms with Crippen molar-refractivity contribution in [3.05, 3.63) is 60.2 Å². The van der Waals surface area contributed by atoms with Gasteiger partial charge in [0.1, 0.15) is 0 Å². The van der Waals surface area contributed by atoms with Crippen LogP contribution < -0.4 is 10.6 Å². The summed E-state index contributed by atoms with van der Waals surface area (Å²) in [6.45, 7) is 5.02. The quantitative estimate of drug-likeness (QED) is 0.485. The Labute approximate surface area is 205 Å². The fraction of sp³-hybridized carbons (Fsp3) is 0.481. The van der Waals surface area contributed by atoms with Gasteiger partial charge in [0.2, 0.25) is 0 Å². The van der Waals surface area contributed by atoms with E-state index in [1.54, 1.807) is 12.4 Å². The van der Waals surface area contributed by atoms with Crippen molar-refractivity contribution >= 4 is 11.6 Å². The lowest BCUT2D eigenvalue weighted by atomic mass is 9.36. The molecule has 3 N–H and O–H groups in total. The number of likely N-dealkylation sites (tertiary alicyclic amines) is 1. The molecule has 3 saturated carbocycles. The zero-order valence-electron chi connectivity index (χ0n) is 20.5. The van der Waals surface area contributed by atoms with E-state index in [1.165, 1.54) is 19.3 Å². The van der Waals surface area contributed by atoms with Gasteiger partial charge in [0.15, 0.2) is 11.6 Å². The molecule has 2 aromatic heterocycles. The second kappa shape index (κ2) is 8.16. The SMILES string of the molecule is CN1CCC(Nc2cccc(C(=O)NCC34CC(C)(C3)C4)c2)(c2nc(-c3ccncc3)n[nH]2)CC1. The van der Waals surface area contributed by atoms with Crippen LogP contribution in [0.2, 0.25) is 0 Å². The van der Waals surface area contributed by atoms with Gasteiger partial charge >= 0.3 is 0 Å². The van der Waals surface area contributed by atoms with Gasteiger partial charge in [-0.3, -0.25) is 14.9 Å². The lowest BCUT2D eigenvalue weighted by Crippen LogP contribution is -2.64. The predicted octanol–water partition coefficient (Wildman–Crippen LogP) is 3.82. The first-order valence-corrected chi connectivity index (χ1v) is 12.5. The molecular formula is C27H33N7O. The number of carbonyl (C=O) groups excluding carboxylic acids is 1. The lowest BCUT2D eigenvalue weighted by Gasteiger charge is -2.70. The van der Waals surface area contributed by atoms with E-state index in [1.807, 2.05) is 36.4 Å². The molecule has 3 aromatic rings. The summed E-state index contributed by atoms with van der Waals surface area (Å²) in [5.41, 5.74) is 3.06. The Balaban J connectivity index is 1.21. The molecule has 2 bridgehead atoms. The highest BCUT2D eigenvalue weighted by atomic mass is 16.1. The van der Waals surface area contributed by atoms with Crippen LogP contribution in [0.1, 0.15) is 55.2 Å². The van der Waals surface area contributed by atoms with Gasteiger partial charge in [0.05, 0.1) is 5.54 Å². The maximum absolute atomic E-state index is 12.9. The molecule has 3 aliphatic carbocycles. The zero-order valence-corrected chi connectivity index (χ0v) is 20.5. The van der Waals surface area contributed by atoms with Crippen molar-refractivity contribution < 1.29 is 4.79 Å². The van der Waals surface area contributed by atoms with Crippen LogP contribution in [-0.2, 0) is 5.54 Å². The first kappa shape index (κ1) is 22.2. The van der Waals surface area contributed by atoms with Crippen molar-refractivity contribution in [3.8, 4) is 11.4 Å². The van der Waals surface area contributed by atoms with Crippen LogP contribution in [0.3, 0.4) is 0 Å². The van der Waals surface area contributed by atoms with Gasteiger partial charge in [0, 0.05) is 48.8 Å². The van der Waals surface area contributed by atoms with Crippen LogP contribution in [-0.4, -0.2) is 57.7 Å². The van der Waals surface area contributed by atoms with Gasteiger partial charge in [-0.05, 0) is 80.3 Å². The highest BCUT2D eigenvalue weighted by Crippen LogP contribution is 2.72. The second-order valence-corrected chi connectivity index (χ2v) is 11.4. The summed E-state index contributed by atoms with van der Waals surface area (Å²) in [7, 11) is 2.14. The Kier molecular flexibility index (Phi) is 5.18. The Hall–Kier alpha value is -3.26. The fourth-order valence-electron chi connectivity index (χ4n) is 6.66. The molecule has 35 heavy (non-hydrogen) atoms. The topological polar surface area (TPSA) is 98.8 Å². The largest absolute Gasteiger partial charge is 0.373 e. The van der Waals surface area contributed by atoms with Crippen LogP contribution in [0.5, 0.6) is 0 Å². The van der Waals surface area contributed by atoms with Gasteiger partial charge in [-0.2, -0.15) is 5.10 Å². The number of benzene rings is 1. The smallest absolute Gasteiger partial charge is 0.251 e. The molecule has 4 fully saturated rings. The molecule has 8 nitrogen and oxygen atoms in total. The number of aromatic nitrogens is 4. The van der Waals surface area contributed by atoms with Crippen LogP contribution in [0.25, 0.3) is 11.4 Å². The maximum atomic E-state index is 12.9. The standard InChI is InChI=1S/C27H33N7O/c1-25-15-26(16-25,17-25)18-29-23(35)20-4-3-5-21(14-20)31-27(8-12-34(2)13-9-27)24-30-22(32-33-24)19-6-10-28-11-7-19/h3-7,10-11,14,31H,8-9,12-13,15-18H2,1-2H3,(H,29,35)(H,30,32,33). The van der Waals surface area contributed by atoms with Gasteiger partial charge < -0.3 is 15.5 Å². The highest BCUT2D eigenvalue weighted by Gasteiger charge is 2.64. The van der Waals surface area contributed by atoms with Crippen molar-refractivity contribution in [1.82, 2.24) is 30.4 Å². The van der Waals surface area contributed by atoms with E-state index in [4.69, 9.17) is 4.98 Å². The van der Waals surface area contributed by atoms with E-state index >= 15 is 0 Å². The number of anilines is 1. The zero-order chi connectivity index (χ0) is 24.1. The van der Waals surface area contributed by atoms with E-state index in [0.29, 0.717) is 22.2 Å². The van der Waals surface area contributed by atoms with E-state index in [2.05, 4.69) is 44.7 Å². The molecule has 0 radical (unpaired) electrons. The summed E-state index contributed by atoms with van der Waals surface area (Å²) < 4.78 is 0. The first-order chi connectivity index (χ1) is 16.9. The van der Waals surface area contributed by atoms with Gasteiger partial charge in [-0.1, -0.05) is 13.0 Å². The van der Waals surface area contributed by atoms with Crippen molar-refractivity contribution in [3.63, 3.8) is 0 Å². The van der Waals surface area contributed by atoms with Gasteiger partial charge in [-0.25, -0.2) is 4.98 Å². The number of pyridine rings is 1. The first-order valence-electron chi connectivity index (χ1n) is 12.5. The van der Waals surface area contributed by atoms with Crippen molar-refractivity contribution in [2.75, 3.05) is 32.0 Å². The molecule has 0 atom stereocenters. The number of rotatable bonds is 7. The Morgan fingerprint density at radius 1 is 1.11 bits per heavy atom. The van der Waals surface area contributed by atoms with Crippen molar-refractivity contribution in [1.29, 1.82) is 0 Å². The molecule has 1 aliphatic heterocycles. The average Bonchev–Trinajstić information content (AvgIpc) is 3.34. The number of piperidine rings is 1. The van der Waals surface area contributed by atoms with Crippen molar-refractivity contribution in [2.24, 2.45) is 10.8 Å². The van der Waals surface area contributed by atoms with Crippen LogP contribution in [0, 0.1) is 10.8 Å². The van der Waals surface area contributed by atoms with Gasteiger partial charge in [-0.15, -0.1) is 0 Å². The number of nitrogens with zero attached hydrogens (tertiary/aromatic N) is 4. The number of amides is 1. The summed E-state index contributed by atoms with van der Waals surface area (Å²) in [6.07, 6.45) is 9.00. The molecule has 3 heterocycles. The third-order valence-corrected chi connectivity index (χ3v) is 8.26. The van der Waals surface area contributed by atoms with E-state index in [9.17, 15) is 4.79 Å². The third-order valence-electron chi connectivity index (χ3n) is 8.26. The minimum atomic E-state index is -0.388. The lowest BCUT2D eigenvalue weighted by molar-refractivity contribution is -0.185. The summed E-state index contributed by atoms with van der Waals surface area (Å²) in [4.78, 5) is 24.2. The predicted molar refractivity (Wildman–Crippen MR) is 135 cm³/mol. The molecule has 0 unspecified atom stereocenters. The molecule has 7 rings (SSSR count).